The van der Waals surface area contributed by atoms with Gasteiger partial charge in [-0.05, 0) is 44.7 Å². The molecule has 0 spiro atoms. The Morgan fingerprint density at radius 2 is 1.65 bits per heavy atom. The van der Waals surface area contributed by atoms with Crippen LogP contribution in [0.15, 0.2) is 0 Å². The molecule has 20 heavy (non-hydrogen) atoms. The van der Waals surface area contributed by atoms with Gasteiger partial charge in [-0.15, -0.1) is 0 Å². The second kappa shape index (κ2) is 5.55. The van der Waals surface area contributed by atoms with Crippen molar-refractivity contribution < 1.29 is 13.6 Å². The Kier molecular flexibility index (Phi) is 4.96. The van der Waals surface area contributed by atoms with Crippen LogP contribution in [-0.2, 0) is 13.6 Å². The summed E-state index contributed by atoms with van der Waals surface area (Å²) in [7, 11) is -3.52. The van der Waals surface area contributed by atoms with Crippen LogP contribution in [0.5, 0.6) is 0 Å². The van der Waals surface area contributed by atoms with Crippen LogP contribution in [0.2, 0.25) is 37.8 Å². The monoisotopic (exact) mass is 317 g/mol. The molecular weight excluding hydrogens is 286 g/mol. The Bertz CT molecular complexity index is 372. The molecule has 1 aliphatic rings. The van der Waals surface area contributed by atoms with Gasteiger partial charge in [-0.2, -0.15) is 0 Å². The summed E-state index contributed by atoms with van der Waals surface area (Å²) in [6, 6.07) is 0. The fraction of sp³-hybridized carbons (Fsp3) is 0.929. The topological polar surface area (TPSA) is 47.6 Å². The van der Waals surface area contributed by atoms with Gasteiger partial charge in [0.1, 0.15) is 12.1 Å². The summed E-state index contributed by atoms with van der Waals surface area (Å²) < 4.78 is 12.4. The van der Waals surface area contributed by atoms with E-state index in [0.717, 1.165) is 0 Å². The molecule has 1 amide bonds. The Hall–Kier alpha value is -0.176. The van der Waals surface area contributed by atoms with E-state index in [-0.39, 0.29) is 29.2 Å². The highest BCUT2D eigenvalue weighted by molar-refractivity contribution is 6.74. The third kappa shape index (κ3) is 4.16. The highest BCUT2D eigenvalue weighted by Gasteiger charge is 2.49. The van der Waals surface area contributed by atoms with Crippen LogP contribution in [0.1, 0.15) is 27.7 Å². The van der Waals surface area contributed by atoms with Crippen molar-refractivity contribution in [1.82, 2.24) is 5.32 Å². The van der Waals surface area contributed by atoms with Crippen molar-refractivity contribution in [2.45, 2.75) is 77.8 Å². The molecule has 1 fully saturated rings. The maximum absolute atomic E-state index is 11.9. The molecule has 0 aromatic heterocycles. The van der Waals surface area contributed by atoms with Crippen LogP contribution in [0.4, 0.5) is 0 Å². The Balaban J connectivity index is 2.71. The van der Waals surface area contributed by atoms with E-state index in [0.29, 0.717) is 0 Å². The molecule has 1 rings (SSSR count). The summed E-state index contributed by atoms with van der Waals surface area (Å²) >= 11 is 0. The van der Waals surface area contributed by atoms with E-state index in [2.05, 4.69) is 58.8 Å². The molecule has 0 aliphatic carbocycles. The third-order valence-corrected chi connectivity index (χ3v) is 9.72. The van der Waals surface area contributed by atoms with Crippen molar-refractivity contribution in [1.29, 1.82) is 0 Å². The number of carbonyl (C=O) groups excluding carboxylic acids is 1. The quantitative estimate of drug-likeness (QED) is 0.625. The maximum atomic E-state index is 11.9. The molecule has 3 atom stereocenters. The van der Waals surface area contributed by atoms with Crippen molar-refractivity contribution in [3.8, 4) is 0 Å². The van der Waals surface area contributed by atoms with Gasteiger partial charge >= 0.3 is 0 Å². The highest BCUT2D eigenvalue weighted by Crippen LogP contribution is 2.39. The van der Waals surface area contributed by atoms with E-state index in [1.807, 2.05) is 6.92 Å². The second-order valence-corrected chi connectivity index (χ2v) is 17.5. The Morgan fingerprint density at radius 3 is 2.00 bits per heavy atom. The van der Waals surface area contributed by atoms with Crippen LogP contribution < -0.4 is 5.32 Å². The van der Waals surface area contributed by atoms with Crippen LogP contribution >= 0.6 is 0 Å². The molecule has 1 saturated heterocycles. The van der Waals surface area contributed by atoms with E-state index < -0.39 is 16.6 Å². The lowest BCUT2D eigenvalue weighted by Gasteiger charge is -2.46. The molecule has 0 aromatic carbocycles. The van der Waals surface area contributed by atoms with E-state index in [1.54, 1.807) is 0 Å². The Morgan fingerprint density at radius 1 is 1.15 bits per heavy atom. The van der Waals surface area contributed by atoms with Crippen molar-refractivity contribution in [2.24, 2.45) is 5.92 Å². The molecule has 0 bridgehead atoms. The van der Waals surface area contributed by atoms with Gasteiger partial charge in [-0.1, -0.05) is 20.8 Å². The predicted molar refractivity (Wildman–Crippen MR) is 87.6 cm³/mol. The van der Waals surface area contributed by atoms with E-state index in [9.17, 15) is 4.79 Å². The van der Waals surface area contributed by atoms with Gasteiger partial charge in [-0.3, -0.25) is 4.79 Å². The zero-order valence-corrected chi connectivity index (χ0v) is 16.5. The van der Waals surface area contributed by atoms with Gasteiger partial charge in [0.15, 0.2) is 16.6 Å². The van der Waals surface area contributed by atoms with Gasteiger partial charge in [0.2, 0.25) is 5.91 Å². The van der Waals surface area contributed by atoms with Crippen LogP contribution in [0, 0.1) is 5.92 Å². The average molecular weight is 318 g/mol. The summed E-state index contributed by atoms with van der Waals surface area (Å²) in [5.74, 6) is -0.115. The predicted octanol–water partition coefficient (Wildman–Crippen LogP) is 3.32. The summed E-state index contributed by atoms with van der Waals surface area (Å²) in [4.78, 5) is 11.9. The Labute approximate surface area is 125 Å². The zero-order chi connectivity index (χ0) is 15.9. The minimum atomic E-state index is -1.86. The van der Waals surface area contributed by atoms with Gasteiger partial charge in [-0.25, -0.2) is 0 Å². The van der Waals surface area contributed by atoms with E-state index >= 15 is 0 Å². The largest absolute Gasteiger partial charge is 0.413 e. The number of carbonyl (C=O) groups is 1. The van der Waals surface area contributed by atoms with Gasteiger partial charge in [0.05, 0.1) is 6.10 Å². The number of amides is 1. The number of hydrogen-bond acceptors (Lipinski definition) is 3. The number of β-lactam (4-membered cyclic amide) rings is 1. The molecule has 118 valence electrons. The summed E-state index contributed by atoms with van der Waals surface area (Å²) in [5.41, 5.74) is 0. The molecule has 1 unspecified atom stereocenters. The first-order chi connectivity index (χ1) is 8.74. The molecule has 4 nitrogen and oxygen atoms in total. The number of nitrogens with one attached hydrogen (secondary N) is 1. The molecule has 6 heteroatoms. The normalized spacial score (nSPS) is 25.9. The second-order valence-electron chi connectivity index (χ2n) is 8.27. The average Bonchev–Trinajstić information content (AvgIpc) is 2.10. The molecular formula is C14H31NO3Si2. The van der Waals surface area contributed by atoms with Crippen molar-refractivity contribution >= 4 is 22.5 Å². The van der Waals surface area contributed by atoms with Crippen LogP contribution in [0.3, 0.4) is 0 Å². The number of hydrogen-bond donors (Lipinski definition) is 1. The maximum Gasteiger partial charge on any atom is 0.232 e. The lowest BCUT2D eigenvalue weighted by atomic mass is 9.94. The first kappa shape index (κ1) is 17.9. The van der Waals surface area contributed by atoms with Gasteiger partial charge in [0, 0.05) is 0 Å². The molecule has 1 aliphatic heterocycles. The smallest absolute Gasteiger partial charge is 0.232 e. The lowest BCUT2D eigenvalue weighted by Crippen LogP contribution is -2.66. The van der Waals surface area contributed by atoms with Crippen molar-refractivity contribution in [2.75, 3.05) is 0 Å². The third-order valence-electron chi connectivity index (χ3n) is 4.19. The minimum Gasteiger partial charge on any atom is -0.413 e. The summed E-state index contributed by atoms with van der Waals surface area (Å²) in [5, 5.41) is 3.01. The highest BCUT2D eigenvalue weighted by atomic mass is 28.4. The number of rotatable bonds is 5. The van der Waals surface area contributed by atoms with E-state index in [4.69, 9.17) is 8.85 Å². The minimum absolute atomic E-state index is 0.0551. The molecule has 0 saturated carbocycles. The van der Waals surface area contributed by atoms with Crippen molar-refractivity contribution in [3.63, 3.8) is 0 Å². The molecule has 1 heterocycles. The van der Waals surface area contributed by atoms with Crippen LogP contribution in [-0.4, -0.2) is 34.9 Å². The fourth-order valence-electron chi connectivity index (χ4n) is 2.03. The zero-order valence-electron chi connectivity index (χ0n) is 14.5. The first-order valence-corrected chi connectivity index (χ1v) is 13.7. The van der Waals surface area contributed by atoms with Crippen LogP contribution in [0.25, 0.3) is 0 Å². The molecule has 0 aromatic rings. The first-order valence-electron chi connectivity index (χ1n) is 7.41. The lowest BCUT2D eigenvalue weighted by molar-refractivity contribution is -0.151. The summed E-state index contributed by atoms with van der Waals surface area (Å²) in [6.45, 7) is 19.5. The van der Waals surface area contributed by atoms with Gasteiger partial charge in [0.25, 0.3) is 0 Å². The van der Waals surface area contributed by atoms with Crippen molar-refractivity contribution in [3.05, 3.63) is 0 Å². The van der Waals surface area contributed by atoms with E-state index in [1.165, 1.54) is 0 Å². The molecule has 1 N–H and O–H groups in total. The standard InChI is InChI=1S/C14H31NO3Si2/c1-10(17-20(8,9)14(2,3)4)11-12(16)15-13(11)18-19(5,6)7/h10-11,13H,1-9H3,(H,15,16)/t10-,11?,13-/m1/s1. The van der Waals surface area contributed by atoms with Gasteiger partial charge < -0.3 is 14.2 Å². The molecule has 0 radical (unpaired) electrons. The fourth-order valence-corrected chi connectivity index (χ4v) is 4.42. The summed E-state index contributed by atoms with van der Waals surface area (Å²) in [6.07, 6.45) is -0.264. The SMILES string of the molecule is C[C@@H](O[Si](C)(C)C(C)(C)C)C1C(=O)N[C@@H]1O[Si](C)(C)C.